The van der Waals surface area contributed by atoms with Gasteiger partial charge in [-0.15, -0.1) is 11.3 Å². The maximum Gasteiger partial charge on any atom is 0.234 e. The molecule has 1 heterocycles. The van der Waals surface area contributed by atoms with Gasteiger partial charge < -0.3 is 20.1 Å². The van der Waals surface area contributed by atoms with Crippen LogP contribution in [0.4, 0.5) is 0 Å². The number of benzene rings is 1. The summed E-state index contributed by atoms with van der Waals surface area (Å²) in [6.07, 6.45) is 0. The van der Waals surface area contributed by atoms with Crippen LogP contribution in [0.3, 0.4) is 0 Å². The molecule has 5 nitrogen and oxygen atoms in total. The highest BCUT2D eigenvalue weighted by molar-refractivity contribution is 7.10. The summed E-state index contributed by atoms with van der Waals surface area (Å²) < 4.78 is 10.7. The lowest BCUT2D eigenvalue weighted by atomic mass is 9.85. The summed E-state index contributed by atoms with van der Waals surface area (Å²) >= 11 is 1.66. The first-order valence-corrected chi connectivity index (χ1v) is 9.92. The normalized spacial score (nSPS) is 13.7. The highest BCUT2D eigenvalue weighted by atomic mass is 32.1. The summed E-state index contributed by atoms with van der Waals surface area (Å²) in [5.74, 6) is 1.49. The van der Waals surface area contributed by atoms with Crippen LogP contribution >= 0.6 is 11.3 Å². The van der Waals surface area contributed by atoms with Gasteiger partial charge in [0, 0.05) is 16.5 Å². The highest BCUT2D eigenvalue weighted by Gasteiger charge is 2.28. The minimum Gasteiger partial charge on any atom is -0.497 e. The average Bonchev–Trinajstić information content (AvgIpc) is 3.16. The molecular weight excluding hydrogens is 360 g/mol. The zero-order valence-corrected chi connectivity index (χ0v) is 17.8. The van der Waals surface area contributed by atoms with E-state index in [1.54, 1.807) is 25.6 Å². The van der Waals surface area contributed by atoms with Crippen molar-refractivity contribution in [3.63, 3.8) is 0 Å². The molecule has 0 aliphatic heterocycles. The lowest BCUT2D eigenvalue weighted by molar-refractivity contribution is -0.121. The highest BCUT2D eigenvalue weighted by Crippen LogP contribution is 2.35. The quantitative estimate of drug-likeness (QED) is 0.705. The zero-order valence-electron chi connectivity index (χ0n) is 17.0. The molecule has 2 aromatic rings. The van der Waals surface area contributed by atoms with Crippen molar-refractivity contribution >= 4 is 17.2 Å². The Kier molecular flexibility index (Phi) is 7.27. The Balaban J connectivity index is 2.02. The molecule has 0 saturated carbocycles. The fourth-order valence-electron chi connectivity index (χ4n) is 2.92. The minimum atomic E-state index is -0.0673. The Labute approximate surface area is 166 Å². The van der Waals surface area contributed by atoms with E-state index in [0.29, 0.717) is 0 Å². The second-order valence-electron chi connectivity index (χ2n) is 7.59. The van der Waals surface area contributed by atoms with Gasteiger partial charge in [0.1, 0.15) is 11.5 Å². The van der Waals surface area contributed by atoms with Gasteiger partial charge in [0.2, 0.25) is 5.91 Å². The molecule has 0 spiro atoms. The predicted molar refractivity (Wildman–Crippen MR) is 111 cm³/mol. The van der Waals surface area contributed by atoms with E-state index in [-0.39, 0.29) is 30.0 Å². The van der Waals surface area contributed by atoms with Crippen LogP contribution in [0.25, 0.3) is 0 Å². The van der Waals surface area contributed by atoms with Gasteiger partial charge >= 0.3 is 0 Å². The number of ether oxygens (including phenoxy) is 2. The van der Waals surface area contributed by atoms with Crippen molar-refractivity contribution in [3.05, 3.63) is 46.2 Å². The lowest BCUT2D eigenvalue weighted by Gasteiger charge is -2.31. The molecule has 1 aromatic carbocycles. The van der Waals surface area contributed by atoms with E-state index < -0.39 is 0 Å². The summed E-state index contributed by atoms with van der Waals surface area (Å²) in [4.78, 5) is 13.7. The van der Waals surface area contributed by atoms with E-state index in [1.807, 2.05) is 36.6 Å². The topological polar surface area (TPSA) is 59.6 Å². The molecule has 2 atom stereocenters. The van der Waals surface area contributed by atoms with Crippen LogP contribution < -0.4 is 20.1 Å². The summed E-state index contributed by atoms with van der Waals surface area (Å²) in [6, 6.07) is 9.66. The third-order valence-electron chi connectivity index (χ3n) is 4.47. The predicted octanol–water partition coefficient (Wildman–Crippen LogP) is 4.32. The average molecular weight is 391 g/mol. The van der Waals surface area contributed by atoms with Gasteiger partial charge in [-0.3, -0.25) is 4.79 Å². The van der Waals surface area contributed by atoms with E-state index in [1.165, 1.54) is 4.88 Å². The number of thiophene rings is 1. The maximum absolute atomic E-state index is 12.6. The summed E-state index contributed by atoms with van der Waals surface area (Å²) in [5.41, 5.74) is 0.887. The Bertz CT molecular complexity index is 738. The largest absolute Gasteiger partial charge is 0.497 e. The lowest BCUT2D eigenvalue weighted by Crippen LogP contribution is -2.41. The molecule has 0 saturated heterocycles. The standard InChI is InChI=1S/C21H30N2O3S/c1-14(16-12-15(25-5)9-10-17(16)26-6)22-13-19(24)23-20(21(2,3)4)18-8-7-11-27-18/h7-12,14,20,22H,13H2,1-6H3,(H,23,24). The van der Waals surface area contributed by atoms with Gasteiger partial charge in [-0.05, 0) is 42.0 Å². The molecule has 1 aromatic heterocycles. The monoisotopic (exact) mass is 390 g/mol. The van der Waals surface area contributed by atoms with E-state index in [2.05, 4.69) is 37.5 Å². The third-order valence-corrected chi connectivity index (χ3v) is 5.41. The molecule has 0 aliphatic carbocycles. The molecule has 2 unspecified atom stereocenters. The van der Waals surface area contributed by atoms with Crippen molar-refractivity contribution in [3.8, 4) is 11.5 Å². The molecule has 6 heteroatoms. The van der Waals surface area contributed by atoms with Gasteiger partial charge in [-0.1, -0.05) is 26.8 Å². The number of nitrogens with one attached hydrogen (secondary N) is 2. The van der Waals surface area contributed by atoms with Crippen LogP contribution in [0.1, 0.15) is 50.2 Å². The fourth-order valence-corrected chi connectivity index (χ4v) is 3.94. The van der Waals surface area contributed by atoms with E-state index in [9.17, 15) is 4.79 Å². The van der Waals surface area contributed by atoms with Crippen molar-refractivity contribution < 1.29 is 14.3 Å². The smallest absolute Gasteiger partial charge is 0.234 e. The molecule has 0 fully saturated rings. The molecule has 0 radical (unpaired) electrons. The Morgan fingerprint density at radius 2 is 1.93 bits per heavy atom. The molecule has 0 aliphatic rings. The van der Waals surface area contributed by atoms with Crippen molar-refractivity contribution in [2.75, 3.05) is 20.8 Å². The molecular formula is C21H30N2O3S. The van der Waals surface area contributed by atoms with Gasteiger partial charge in [-0.25, -0.2) is 0 Å². The number of rotatable bonds is 8. The van der Waals surface area contributed by atoms with Crippen LogP contribution in [0.15, 0.2) is 35.7 Å². The van der Waals surface area contributed by atoms with Gasteiger partial charge in [0.15, 0.2) is 0 Å². The van der Waals surface area contributed by atoms with Gasteiger partial charge in [0.25, 0.3) is 0 Å². The molecule has 2 rings (SSSR count). The summed E-state index contributed by atoms with van der Waals surface area (Å²) in [7, 11) is 3.27. The number of methoxy groups -OCH3 is 2. The van der Waals surface area contributed by atoms with Crippen LogP contribution in [0.5, 0.6) is 11.5 Å². The Hall–Kier alpha value is -2.05. The van der Waals surface area contributed by atoms with Crippen LogP contribution in [0, 0.1) is 5.41 Å². The maximum atomic E-state index is 12.6. The number of hydrogen-bond acceptors (Lipinski definition) is 5. The van der Waals surface area contributed by atoms with E-state index in [4.69, 9.17) is 9.47 Å². The minimum absolute atomic E-state index is 0.0199. The molecule has 27 heavy (non-hydrogen) atoms. The second kappa shape index (κ2) is 9.24. The first-order valence-electron chi connectivity index (χ1n) is 9.04. The molecule has 148 valence electrons. The Morgan fingerprint density at radius 1 is 1.19 bits per heavy atom. The zero-order chi connectivity index (χ0) is 20.0. The SMILES string of the molecule is COc1ccc(OC)c(C(C)NCC(=O)NC(c2cccs2)C(C)(C)C)c1. The molecule has 2 N–H and O–H groups in total. The first-order chi connectivity index (χ1) is 12.8. The van der Waals surface area contributed by atoms with Crippen LogP contribution in [-0.2, 0) is 4.79 Å². The second-order valence-corrected chi connectivity index (χ2v) is 8.57. The number of amides is 1. The van der Waals surface area contributed by atoms with Gasteiger partial charge in [0.05, 0.1) is 26.8 Å². The van der Waals surface area contributed by atoms with Crippen molar-refractivity contribution in [2.24, 2.45) is 5.41 Å². The van der Waals surface area contributed by atoms with Crippen LogP contribution in [-0.4, -0.2) is 26.7 Å². The van der Waals surface area contributed by atoms with E-state index >= 15 is 0 Å². The summed E-state index contributed by atoms with van der Waals surface area (Å²) in [5, 5.41) is 8.49. The molecule has 1 amide bonds. The van der Waals surface area contributed by atoms with Gasteiger partial charge in [-0.2, -0.15) is 0 Å². The third kappa shape index (κ3) is 5.71. The fraction of sp³-hybridized carbons (Fsp3) is 0.476. The molecule has 0 bridgehead atoms. The number of carbonyl (C=O) groups is 1. The van der Waals surface area contributed by atoms with Crippen LogP contribution in [0.2, 0.25) is 0 Å². The van der Waals surface area contributed by atoms with Crippen molar-refractivity contribution in [2.45, 2.75) is 39.8 Å². The van der Waals surface area contributed by atoms with Crippen molar-refractivity contribution in [1.82, 2.24) is 10.6 Å². The number of hydrogen-bond donors (Lipinski definition) is 2. The first kappa shape index (κ1) is 21.3. The summed E-state index contributed by atoms with van der Waals surface area (Å²) in [6.45, 7) is 8.63. The van der Waals surface area contributed by atoms with Crippen molar-refractivity contribution in [1.29, 1.82) is 0 Å². The van der Waals surface area contributed by atoms with E-state index in [0.717, 1.165) is 17.1 Å². The Morgan fingerprint density at radius 3 is 2.48 bits per heavy atom. The number of carbonyl (C=O) groups excluding carboxylic acids is 1.